The highest BCUT2D eigenvalue weighted by Crippen LogP contribution is 2.29. The van der Waals surface area contributed by atoms with Gasteiger partial charge >= 0.3 is 6.18 Å². The van der Waals surface area contributed by atoms with E-state index in [1.807, 2.05) is 0 Å². The number of nitrogens with zero attached hydrogens (tertiary/aromatic N) is 1. The molecule has 0 bridgehead atoms. The smallest absolute Gasteiger partial charge is 0.422 e. The van der Waals surface area contributed by atoms with Crippen molar-refractivity contribution in [1.29, 1.82) is 0 Å². The minimum absolute atomic E-state index is 0.0225. The van der Waals surface area contributed by atoms with Crippen molar-refractivity contribution in [3.05, 3.63) is 24.0 Å². The Hall–Kier alpha value is -1.22. The Morgan fingerprint density at radius 1 is 1.27 bits per heavy atom. The molecule has 0 radical (unpaired) electrons. The molecule has 1 aromatic heterocycles. The van der Waals surface area contributed by atoms with Crippen molar-refractivity contribution in [2.24, 2.45) is 0 Å². The first-order valence-electron chi connectivity index (χ1n) is 3.36. The molecule has 0 spiro atoms. The van der Waals surface area contributed by atoms with Crippen LogP contribution < -0.4 is 4.79 Å². The summed E-state index contributed by atoms with van der Waals surface area (Å²) in [6.45, 7) is 0. The second-order valence-electron chi connectivity index (χ2n) is 2.56. The first-order chi connectivity index (χ1) is 6.60. The van der Waals surface area contributed by atoms with E-state index in [0.717, 1.165) is 0 Å². The van der Waals surface area contributed by atoms with Gasteiger partial charge in [0.15, 0.2) is 0 Å². The maximum Gasteiger partial charge on any atom is 0.422 e. The molecule has 4 nitrogen and oxygen atoms in total. The Bertz CT molecular complexity index is 482. The van der Waals surface area contributed by atoms with E-state index in [1.165, 1.54) is 0 Å². The minimum Gasteiger partial charge on any atom is -0.744 e. The van der Waals surface area contributed by atoms with Crippen molar-refractivity contribution in [2.45, 2.75) is 11.1 Å². The number of hydrogen-bond acceptors (Lipinski definition) is 3. The van der Waals surface area contributed by atoms with Crippen LogP contribution in [-0.2, 0) is 16.3 Å². The first-order valence-corrected chi connectivity index (χ1v) is 4.77. The maximum absolute atomic E-state index is 12.5. The molecule has 0 unspecified atom stereocenters. The summed E-state index contributed by atoms with van der Waals surface area (Å²) in [5.41, 5.74) is -1.55. The van der Waals surface area contributed by atoms with Gasteiger partial charge in [0.1, 0.15) is 20.6 Å². The van der Waals surface area contributed by atoms with Crippen LogP contribution in [0, 0.1) is 0 Å². The zero-order chi connectivity index (χ0) is 11.9. The fraction of sp³-hybridized carbons (Fsp3) is 0.167. The van der Waals surface area contributed by atoms with Crippen LogP contribution in [-0.4, -0.2) is 13.0 Å². The van der Waals surface area contributed by atoms with Crippen LogP contribution in [0.5, 0.6) is 0 Å². The zero-order valence-corrected chi connectivity index (χ0v) is 7.64. The van der Waals surface area contributed by atoms with E-state index in [0.29, 0.717) is 0 Å². The lowest BCUT2D eigenvalue weighted by Crippen LogP contribution is -2.26. The van der Waals surface area contributed by atoms with Gasteiger partial charge < -0.3 is 4.55 Å². The molecule has 0 aromatic carbocycles. The van der Waals surface area contributed by atoms with Crippen molar-refractivity contribution in [3.63, 3.8) is 0 Å². The largest absolute Gasteiger partial charge is 0.744 e. The highest BCUT2D eigenvalue weighted by molar-refractivity contribution is 7.85. The molecule has 0 fully saturated rings. The van der Waals surface area contributed by atoms with Gasteiger partial charge in [-0.25, -0.2) is 8.42 Å². The zero-order valence-electron chi connectivity index (χ0n) is 6.82. The summed E-state index contributed by atoms with van der Waals surface area (Å²) in [6, 6.07) is 0.0679. The normalized spacial score (nSPS) is 12.9. The number of aromatic nitrogens is 1. The fourth-order valence-corrected chi connectivity index (χ4v) is 1.31. The van der Waals surface area contributed by atoms with Gasteiger partial charge in [-0.05, 0) is 6.07 Å². The van der Waals surface area contributed by atoms with Crippen molar-refractivity contribution in [3.8, 4) is 0 Å². The van der Waals surface area contributed by atoms with Crippen LogP contribution in [0.2, 0.25) is 0 Å². The fourth-order valence-electron chi connectivity index (χ4n) is 0.811. The number of pyridine rings is 1. The van der Waals surface area contributed by atoms with Crippen LogP contribution in [0.25, 0.3) is 0 Å². The standard InChI is InChI=1S/C6H3F4NO3S/c7-6(8,9)4-1-5(15(12,13)14)3-11(10)2-4/h1-3H. The Kier molecular flexibility index (Phi) is 2.70. The lowest BCUT2D eigenvalue weighted by Gasteiger charge is -2.07. The molecule has 0 aliphatic carbocycles. The molecular weight excluding hydrogens is 242 g/mol. The van der Waals surface area contributed by atoms with E-state index >= 15 is 0 Å². The molecule has 1 heterocycles. The summed E-state index contributed by atoms with van der Waals surface area (Å²) in [6.07, 6.45) is -4.75. The van der Waals surface area contributed by atoms with E-state index in [4.69, 9.17) is 0 Å². The summed E-state index contributed by atoms with van der Waals surface area (Å²) in [4.78, 5) is -1.91. The summed E-state index contributed by atoms with van der Waals surface area (Å²) < 4.78 is 79.8. The van der Waals surface area contributed by atoms with Crippen molar-refractivity contribution in [2.75, 3.05) is 0 Å². The van der Waals surface area contributed by atoms with E-state index in [-0.39, 0.29) is 18.5 Å². The molecule has 0 atom stereocenters. The molecule has 1 rings (SSSR count). The molecule has 84 valence electrons. The third-order valence-electron chi connectivity index (χ3n) is 1.43. The van der Waals surface area contributed by atoms with Gasteiger partial charge in [-0.2, -0.15) is 13.2 Å². The molecule has 0 saturated heterocycles. The van der Waals surface area contributed by atoms with E-state index in [1.54, 1.807) is 0 Å². The number of alkyl halides is 3. The highest BCUT2D eigenvalue weighted by atomic mass is 32.2. The molecule has 15 heavy (non-hydrogen) atoms. The van der Waals surface area contributed by atoms with Gasteiger partial charge in [-0.15, -0.1) is 0 Å². The number of hydrogen-bond donors (Lipinski definition) is 0. The summed E-state index contributed by atoms with van der Waals surface area (Å²) in [7, 11) is -5.12. The molecule has 0 N–H and O–H groups in total. The van der Waals surface area contributed by atoms with Crippen LogP contribution in [0.15, 0.2) is 23.4 Å². The average molecular weight is 245 g/mol. The molecule has 9 heteroatoms. The first kappa shape index (κ1) is 11.9. The van der Waals surface area contributed by atoms with Crippen LogP contribution >= 0.6 is 0 Å². The molecular formula is C6H3F4NO3S. The average Bonchev–Trinajstić information content (AvgIpc) is 1.99. The Balaban J connectivity index is 3.43. The lowest BCUT2D eigenvalue weighted by atomic mass is 10.3. The Morgan fingerprint density at radius 2 is 1.80 bits per heavy atom. The van der Waals surface area contributed by atoms with Crippen LogP contribution in [0.4, 0.5) is 17.7 Å². The third-order valence-corrected chi connectivity index (χ3v) is 2.23. The monoisotopic (exact) mass is 245 g/mol. The van der Waals surface area contributed by atoms with Crippen molar-refractivity contribution < 1.29 is 35.4 Å². The van der Waals surface area contributed by atoms with E-state index in [9.17, 15) is 30.6 Å². The molecule has 0 amide bonds. The van der Waals surface area contributed by atoms with Crippen molar-refractivity contribution in [1.82, 2.24) is 0 Å². The van der Waals surface area contributed by atoms with Crippen LogP contribution in [0.1, 0.15) is 5.56 Å². The molecule has 0 aliphatic rings. The van der Waals surface area contributed by atoms with Gasteiger partial charge in [0.05, 0.1) is 4.48 Å². The molecule has 0 saturated carbocycles. The Labute approximate surface area is 81.5 Å². The quantitative estimate of drug-likeness (QED) is 0.538. The van der Waals surface area contributed by atoms with Crippen LogP contribution in [0.3, 0.4) is 0 Å². The summed E-state index contributed by atoms with van der Waals surface area (Å²) in [5, 5.41) is 0. The maximum atomic E-state index is 12.5. The van der Waals surface area contributed by atoms with Gasteiger partial charge in [-0.3, -0.25) is 0 Å². The van der Waals surface area contributed by atoms with E-state index < -0.39 is 31.5 Å². The second-order valence-corrected chi connectivity index (χ2v) is 3.94. The van der Waals surface area contributed by atoms with Gasteiger partial charge in [-0.1, -0.05) is 0 Å². The predicted octanol–water partition coefficient (Wildman–Crippen LogP) is 0.630. The predicted molar refractivity (Wildman–Crippen MR) is 36.1 cm³/mol. The van der Waals surface area contributed by atoms with Gasteiger partial charge in [0.25, 0.3) is 0 Å². The van der Waals surface area contributed by atoms with Gasteiger partial charge in [0, 0.05) is 4.79 Å². The highest BCUT2D eigenvalue weighted by Gasteiger charge is 2.35. The number of halogens is 4. The summed E-state index contributed by atoms with van der Waals surface area (Å²) >= 11 is 0. The molecule has 0 aliphatic heterocycles. The molecule has 1 aromatic rings. The van der Waals surface area contributed by atoms with Crippen molar-refractivity contribution >= 4 is 10.1 Å². The SMILES string of the molecule is O=S(=O)([O-])c1cc(C(F)(F)F)c[n+](F)c1. The summed E-state index contributed by atoms with van der Waals surface area (Å²) in [5.74, 6) is 0. The van der Waals surface area contributed by atoms with Gasteiger partial charge in [0.2, 0.25) is 12.4 Å². The topological polar surface area (TPSA) is 61.1 Å². The minimum atomic E-state index is -5.12. The third kappa shape index (κ3) is 2.86. The lowest BCUT2D eigenvalue weighted by molar-refractivity contribution is -0.845. The Morgan fingerprint density at radius 3 is 2.20 bits per heavy atom. The van der Waals surface area contributed by atoms with E-state index in [2.05, 4.69) is 0 Å². The number of rotatable bonds is 1. The second kappa shape index (κ2) is 3.42.